The second-order valence-corrected chi connectivity index (χ2v) is 5.61. The zero-order valence-electron chi connectivity index (χ0n) is 11.6. The van der Waals surface area contributed by atoms with Crippen molar-refractivity contribution < 1.29 is 0 Å². The summed E-state index contributed by atoms with van der Waals surface area (Å²) in [5, 5.41) is 10.0. The van der Waals surface area contributed by atoms with Crippen molar-refractivity contribution in [3.05, 3.63) is 16.1 Å². The first-order valence-electron chi connectivity index (χ1n) is 6.73. The number of halogens is 1. The van der Waals surface area contributed by atoms with Crippen molar-refractivity contribution in [1.82, 2.24) is 15.6 Å². The van der Waals surface area contributed by atoms with Gasteiger partial charge in [0.15, 0.2) is 5.96 Å². The zero-order chi connectivity index (χ0) is 12.8. The molecule has 2 rings (SSSR count). The van der Waals surface area contributed by atoms with E-state index < -0.39 is 0 Å². The Balaban J connectivity index is 0.00000180. The summed E-state index contributed by atoms with van der Waals surface area (Å²) < 4.78 is 0. The average Bonchev–Trinajstić information content (AvgIpc) is 3.06. The molecule has 6 heteroatoms. The number of thiazole rings is 1. The fourth-order valence-corrected chi connectivity index (χ4v) is 2.50. The van der Waals surface area contributed by atoms with Crippen molar-refractivity contribution in [1.29, 1.82) is 0 Å². The van der Waals surface area contributed by atoms with Gasteiger partial charge in [0.25, 0.3) is 0 Å². The first-order valence-corrected chi connectivity index (χ1v) is 7.61. The lowest BCUT2D eigenvalue weighted by Gasteiger charge is -2.09. The number of guanidine groups is 1. The van der Waals surface area contributed by atoms with Crippen LogP contribution in [0.3, 0.4) is 0 Å². The van der Waals surface area contributed by atoms with Gasteiger partial charge in [-0.3, -0.25) is 4.99 Å². The fourth-order valence-electron chi connectivity index (χ4n) is 1.68. The number of nitrogens with one attached hydrogen (secondary N) is 2. The molecule has 0 radical (unpaired) electrons. The Labute approximate surface area is 136 Å². The minimum Gasteiger partial charge on any atom is -0.357 e. The van der Waals surface area contributed by atoms with Crippen LogP contribution in [0.5, 0.6) is 0 Å². The maximum atomic E-state index is 4.59. The van der Waals surface area contributed by atoms with E-state index in [0.717, 1.165) is 37.6 Å². The average molecular weight is 394 g/mol. The molecule has 1 fully saturated rings. The molecule has 2 N–H and O–H groups in total. The Kier molecular flexibility index (Phi) is 7.67. The highest BCUT2D eigenvalue weighted by Gasteiger charge is 2.21. The smallest absolute Gasteiger partial charge is 0.191 e. The highest BCUT2D eigenvalue weighted by molar-refractivity contribution is 14.0. The third-order valence-electron chi connectivity index (χ3n) is 2.75. The standard InChI is InChI=1S/C13H22N4S.HI/c1-3-14-13(17-11-6-7-11)15-8-4-5-12-16-10(2)9-18-12;/h9,11H,3-8H2,1-2H3,(H2,14,15,17);1H. The summed E-state index contributed by atoms with van der Waals surface area (Å²) in [6.07, 6.45) is 4.66. The van der Waals surface area contributed by atoms with Gasteiger partial charge in [-0.2, -0.15) is 0 Å². The maximum Gasteiger partial charge on any atom is 0.191 e. The minimum absolute atomic E-state index is 0. The van der Waals surface area contributed by atoms with E-state index in [4.69, 9.17) is 0 Å². The second kappa shape index (κ2) is 8.73. The fraction of sp³-hybridized carbons (Fsp3) is 0.692. The van der Waals surface area contributed by atoms with Crippen LogP contribution in [0.25, 0.3) is 0 Å². The molecule has 0 atom stereocenters. The summed E-state index contributed by atoms with van der Waals surface area (Å²) in [4.78, 5) is 9.05. The van der Waals surface area contributed by atoms with E-state index in [1.54, 1.807) is 11.3 Å². The van der Waals surface area contributed by atoms with Crippen LogP contribution in [0, 0.1) is 6.92 Å². The number of aromatic nitrogens is 1. The van der Waals surface area contributed by atoms with E-state index in [-0.39, 0.29) is 24.0 Å². The molecular formula is C13H23IN4S. The highest BCUT2D eigenvalue weighted by atomic mass is 127. The van der Waals surface area contributed by atoms with E-state index in [2.05, 4.69) is 32.9 Å². The molecule has 1 aromatic rings. The van der Waals surface area contributed by atoms with E-state index in [1.165, 1.54) is 17.8 Å². The van der Waals surface area contributed by atoms with Crippen LogP contribution in [0.2, 0.25) is 0 Å². The van der Waals surface area contributed by atoms with E-state index >= 15 is 0 Å². The molecule has 19 heavy (non-hydrogen) atoms. The topological polar surface area (TPSA) is 49.3 Å². The predicted octanol–water partition coefficient (Wildman–Crippen LogP) is 2.72. The largest absolute Gasteiger partial charge is 0.357 e. The Bertz CT molecular complexity index is 401. The van der Waals surface area contributed by atoms with Crippen LogP contribution in [0.1, 0.15) is 36.9 Å². The molecule has 0 aromatic carbocycles. The van der Waals surface area contributed by atoms with Gasteiger partial charge >= 0.3 is 0 Å². The monoisotopic (exact) mass is 394 g/mol. The normalized spacial score (nSPS) is 14.9. The Morgan fingerprint density at radius 2 is 2.32 bits per heavy atom. The van der Waals surface area contributed by atoms with Crippen molar-refractivity contribution in [2.45, 2.75) is 45.6 Å². The second-order valence-electron chi connectivity index (χ2n) is 4.67. The summed E-state index contributed by atoms with van der Waals surface area (Å²) >= 11 is 1.75. The highest BCUT2D eigenvalue weighted by Crippen LogP contribution is 2.18. The van der Waals surface area contributed by atoms with Gasteiger partial charge in [0.2, 0.25) is 0 Å². The first kappa shape index (κ1) is 16.7. The molecule has 1 aliphatic carbocycles. The van der Waals surface area contributed by atoms with Crippen LogP contribution in [0.15, 0.2) is 10.4 Å². The molecule has 1 heterocycles. The van der Waals surface area contributed by atoms with Crippen molar-refractivity contribution in [2.75, 3.05) is 13.1 Å². The van der Waals surface area contributed by atoms with Gasteiger partial charge in [0.1, 0.15) is 0 Å². The number of hydrogen-bond donors (Lipinski definition) is 2. The Morgan fingerprint density at radius 3 is 2.89 bits per heavy atom. The molecule has 0 unspecified atom stereocenters. The molecule has 1 saturated carbocycles. The summed E-state index contributed by atoms with van der Waals surface area (Å²) in [7, 11) is 0. The van der Waals surface area contributed by atoms with Crippen molar-refractivity contribution in [3.8, 4) is 0 Å². The van der Waals surface area contributed by atoms with Crippen LogP contribution >= 0.6 is 35.3 Å². The molecule has 4 nitrogen and oxygen atoms in total. The van der Waals surface area contributed by atoms with Crippen LogP contribution in [-0.2, 0) is 6.42 Å². The quantitative estimate of drug-likeness (QED) is 0.338. The lowest BCUT2D eigenvalue weighted by atomic mass is 10.3. The molecule has 0 bridgehead atoms. The Morgan fingerprint density at radius 1 is 1.53 bits per heavy atom. The summed E-state index contributed by atoms with van der Waals surface area (Å²) in [5.41, 5.74) is 1.13. The number of hydrogen-bond acceptors (Lipinski definition) is 3. The lowest BCUT2D eigenvalue weighted by molar-refractivity contribution is 0.779. The van der Waals surface area contributed by atoms with Gasteiger partial charge in [-0.25, -0.2) is 4.98 Å². The third-order valence-corrected chi connectivity index (χ3v) is 3.77. The van der Waals surface area contributed by atoms with Crippen molar-refractivity contribution in [3.63, 3.8) is 0 Å². The van der Waals surface area contributed by atoms with Gasteiger partial charge in [0, 0.05) is 36.6 Å². The number of nitrogens with zero attached hydrogens (tertiary/aromatic N) is 2. The molecule has 0 saturated heterocycles. The van der Waals surface area contributed by atoms with Crippen LogP contribution < -0.4 is 10.6 Å². The molecule has 1 aromatic heterocycles. The molecule has 0 aliphatic heterocycles. The number of aryl methyl sites for hydroxylation is 2. The summed E-state index contributed by atoms with van der Waals surface area (Å²) in [6.45, 7) is 5.92. The third kappa shape index (κ3) is 6.56. The van der Waals surface area contributed by atoms with E-state index in [1.807, 2.05) is 6.92 Å². The van der Waals surface area contributed by atoms with Gasteiger partial charge in [-0.05, 0) is 33.1 Å². The Hall–Kier alpha value is -0.370. The van der Waals surface area contributed by atoms with Crippen LogP contribution in [0.4, 0.5) is 0 Å². The maximum absolute atomic E-state index is 4.59. The number of rotatable bonds is 6. The van der Waals surface area contributed by atoms with Crippen molar-refractivity contribution in [2.24, 2.45) is 4.99 Å². The molecular weight excluding hydrogens is 371 g/mol. The van der Waals surface area contributed by atoms with Gasteiger partial charge < -0.3 is 10.6 Å². The first-order chi connectivity index (χ1) is 8.78. The number of aliphatic imine (C=N–C) groups is 1. The zero-order valence-corrected chi connectivity index (χ0v) is 14.8. The molecule has 0 amide bonds. The van der Waals surface area contributed by atoms with E-state index in [9.17, 15) is 0 Å². The molecule has 0 spiro atoms. The van der Waals surface area contributed by atoms with Gasteiger partial charge in [-0.1, -0.05) is 0 Å². The summed E-state index contributed by atoms with van der Waals surface area (Å²) in [6, 6.07) is 0.657. The molecule has 108 valence electrons. The van der Waals surface area contributed by atoms with Crippen LogP contribution in [-0.4, -0.2) is 30.1 Å². The van der Waals surface area contributed by atoms with Crippen molar-refractivity contribution >= 4 is 41.3 Å². The minimum atomic E-state index is 0. The predicted molar refractivity (Wildman–Crippen MR) is 92.7 cm³/mol. The molecule has 1 aliphatic rings. The van der Waals surface area contributed by atoms with Gasteiger partial charge in [-0.15, -0.1) is 35.3 Å². The SMILES string of the molecule is CCNC(=NCCCc1nc(C)cs1)NC1CC1.I. The van der Waals surface area contributed by atoms with E-state index in [0.29, 0.717) is 6.04 Å². The summed E-state index contributed by atoms with van der Waals surface area (Å²) in [5.74, 6) is 0.968. The van der Waals surface area contributed by atoms with Gasteiger partial charge in [0.05, 0.1) is 5.01 Å². The lowest BCUT2D eigenvalue weighted by Crippen LogP contribution is -2.38.